The van der Waals surface area contributed by atoms with Gasteiger partial charge in [0.05, 0.1) is 0 Å². The van der Waals surface area contributed by atoms with Crippen LogP contribution in [0.5, 0.6) is 0 Å². The number of rotatable bonds is 6. The first-order chi connectivity index (χ1) is 8.85. The van der Waals surface area contributed by atoms with Gasteiger partial charge >= 0.3 is 0 Å². The molecule has 3 N–H and O–H groups in total. The van der Waals surface area contributed by atoms with Crippen molar-refractivity contribution in [1.29, 1.82) is 0 Å². The Bertz CT molecular complexity index is 260. The summed E-state index contributed by atoms with van der Waals surface area (Å²) in [6.45, 7) is 0. The van der Waals surface area contributed by atoms with Crippen LogP contribution in [-0.2, 0) is 0 Å². The number of hydrogen-bond donors (Lipinski definition) is 2. The van der Waals surface area contributed by atoms with E-state index in [9.17, 15) is 0 Å². The Kier molecular flexibility index (Phi) is 4.25. The predicted octanol–water partition coefficient (Wildman–Crippen LogP) is 3.62. The third kappa shape index (κ3) is 2.91. The quantitative estimate of drug-likeness (QED) is 0.558. The smallest absolute Gasteiger partial charge is 0.0213 e. The highest BCUT2D eigenvalue weighted by Crippen LogP contribution is 2.50. The van der Waals surface area contributed by atoms with Gasteiger partial charge in [0.15, 0.2) is 0 Å². The zero-order chi connectivity index (χ0) is 12.4. The molecule has 0 amide bonds. The lowest BCUT2D eigenvalue weighted by Gasteiger charge is -2.27. The van der Waals surface area contributed by atoms with E-state index in [0.717, 1.165) is 23.7 Å². The summed E-state index contributed by atoms with van der Waals surface area (Å²) < 4.78 is 0. The maximum absolute atomic E-state index is 5.78. The Balaban J connectivity index is 1.41. The van der Waals surface area contributed by atoms with Gasteiger partial charge in [-0.3, -0.25) is 11.3 Å². The highest BCUT2D eigenvalue weighted by atomic mass is 15.2. The number of nitrogens with two attached hydrogens (primary N) is 1. The molecule has 3 fully saturated rings. The molecule has 2 nitrogen and oxygen atoms in total. The summed E-state index contributed by atoms with van der Waals surface area (Å²) in [5.41, 5.74) is 3.11. The summed E-state index contributed by atoms with van der Waals surface area (Å²) in [6.07, 6.45) is 16.0. The topological polar surface area (TPSA) is 38.0 Å². The van der Waals surface area contributed by atoms with Crippen LogP contribution in [0.1, 0.15) is 70.6 Å². The Morgan fingerprint density at radius 1 is 1.06 bits per heavy atom. The number of hydrogen-bond acceptors (Lipinski definition) is 2. The SMILES string of the molecule is NNC(CCC1CCCC1)CC1CC2CCC1C2. The molecule has 0 spiro atoms. The summed E-state index contributed by atoms with van der Waals surface area (Å²) >= 11 is 0. The van der Waals surface area contributed by atoms with Gasteiger partial charge < -0.3 is 0 Å². The fourth-order valence-electron chi connectivity index (χ4n) is 5.04. The maximum atomic E-state index is 5.78. The Hall–Kier alpha value is -0.0800. The molecule has 3 saturated carbocycles. The molecule has 0 aromatic heterocycles. The van der Waals surface area contributed by atoms with Crippen molar-refractivity contribution in [3.05, 3.63) is 0 Å². The normalized spacial score (nSPS) is 37.5. The van der Waals surface area contributed by atoms with Gasteiger partial charge in [-0.25, -0.2) is 0 Å². The average molecular weight is 250 g/mol. The third-order valence-electron chi connectivity index (χ3n) is 6.11. The van der Waals surface area contributed by atoms with Gasteiger partial charge in [0.1, 0.15) is 0 Å². The van der Waals surface area contributed by atoms with Crippen LogP contribution >= 0.6 is 0 Å². The van der Waals surface area contributed by atoms with Gasteiger partial charge in [0.25, 0.3) is 0 Å². The largest absolute Gasteiger partial charge is 0.271 e. The summed E-state index contributed by atoms with van der Waals surface area (Å²) in [7, 11) is 0. The highest BCUT2D eigenvalue weighted by Gasteiger charge is 2.39. The van der Waals surface area contributed by atoms with E-state index >= 15 is 0 Å². The Morgan fingerprint density at radius 2 is 1.89 bits per heavy atom. The van der Waals surface area contributed by atoms with E-state index in [0.29, 0.717) is 6.04 Å². The molecular formula is C16H30N2. The first kappa shape index (κ1) is 12.9. The molecule has 2 heteroatoms. The van der Waals surface area contributed by atoms with Crippen molar-refractivity contribution in [2.24, 2.45) is 29.5 Å². The van der Waals surface area contributed by atoms with Crippen molar-refractivity contribution in [2.45, 2.75) is 76.7 Å². The number of fused-ring (bicyclic) bond motifs is 2. The standard InChI is InChI=1S/C16H30N2/c17-18-16(8-6-12-3-1-2-4-12)11-15-10-13-5-7-14(15)9-13/h12-16,18H,1-11,17H2. The minimum absolute atomic E-state index is 0.593. The second kappa shape index (κ2) is 5.92. The Morgan fingerprint density at radius 3 is 2.50 bits per heavy atom. The van der Waals surface area contributed by atoms with Gasteiger partial charge in [0.2, 0.25) is 0 Å². The van der Waals surface area contributed by atoms with E-state index in [2.05, 4.69) is 5.43 Å². The Labute approximate surface area is 112 Å². The molecule has 3 aliphatic carbocycles. The molecule has 3 rings (SSSR count). The van der Waals surface area contributed by atoms with Crippen molar-refractivity contribution >= 4 is 0 Å². The van der Waals surface area contributed by atoms with E-state index in [1.807, 2.05) is 0 Å². The van der Waals surface area contributed by atoms with Crippen LogP contribution in [0.25, 0.3) is 0 Å². The van der Waals surface area contributed by atoms with Crippen molar-refractivity contribution < 1.29 is 0 Å². The van der Waals surface area contributed by atoms with Gasteiger partial charge in [-0.2, -0.15) is 0 Å². The van der Waals surface area contributed by atoms with Crippen LogP contribution < -0.4 is 11.3 Å². The first-order valence-corrected chi connectivity index (χ1v) is 8.31. The summed E-state index contributed by atoms with van der Waals surface area (Å²) in [5, 5.41) is 0. The minimum Gasteiger partial charge on any atom is -0.271 e. The predicted molar refractivity (Wildman–Crippen MR) is 75.9 cm³/mol. The summed E-state index contributed by atoms with van der Waals surface area (Å²) in [6, 6.07) is 0.593. The molecule has 0 heterocycles. The van der Waals surface area contributed by atoms with Crippen LogP contribution in [0.4, 0.5) is 0 Å². The first-order valence-electron chi connectivity index (χ1n) is 8.31. The summed E-state index contributed by atoms with van der Waals surface area (Å²) in [4.78, 5) is 0. The van der Waals surface area contributed by atoms with Gasteiger partial charge in [-0.05, 0) is 62.2 Å². The fraction of sp³-hybridized carbons (Fsp3) is 1.00. The molecule has 0 aliphatic heterocycles. The van der Waals surface area contributed by atoms with Gasteiger partial charge in [-0.15, -0.1) is 0 Å². The van der Waals surface area contributed by atoms with E-state index in [1.54, 1.807) is 0 Å². The summed E-state index contributed by atoms with van der Waals surface area (Å²) in [5.74, 6) is 9.92. The van der Waals surface area contributed by atoms with Crippen molar-refractivity contribution in [3.63, 3.8) is 0 Å². The second-order valence-electron chi connectivity index (χ2n) is 7.26. The second-order valence-corrected chi connectivity index (χ2v) is 7.26. The third-order valence-corrected chi connectivity index (χ3v) is 6.11. The van der Waals surface area contributed by atoms with E-state index < -0.39 is 0 Å². The molecule has 4 unspecified atom stereocenters. The fourth-order valence-corrected chi connectivity index (χ4v) is 5.04. The van der Waals surface area contributed by atoms with Crippen LogP contribution in [0.15, 0.2) is 0 Å². The number of hydrazine groups is 1. The highest BCUT2D eigenvalue weighted by molar-refractivity contribution is 4.91. The molecule has 3 aliphatic rings. The molecule has 2 bridgehead atoms. The van der Waals surface area contributed by atoms with E-state index in [-0.39, 0.29) is 0 Å². The molecule has 0 aromatic carbocycles. The van der Waals surface area contributed by atoms with Crippen LogP contribution in [0.2, 0.25) is 0 Å². The molecule has 0 saturated heterocycles. The van der Waals surface area contributed by atoms with Crippen molar-refractivity contribution in [1.82, 2.24) is 5.43 Å². The lowest BCUT2D eigenvalue weighted by atomic mass is 9.83. The molecule has 4 atom stereocenters. The molecule has 0 radical (unpaired) electrons. The monoisotopic (exact) mass is 250 g/mol. The number of nitrogens with one attached hydrogen (secondary N) is 1. The van der Waals surface area contributed by atoms with Crippen LogP contribution in [0.3, 0.4) is 0 Å². The lowest BCUT2D eigenvalue weighted by molar-refractivity contribution is 0.264. The molecule has 104 valence electrons. The lowest BCUT2D eigenvalue weighted by Crippen LogP contribution is -2.37. The average Bonchev–Trinajstić information content (AvgIpc) is 3.10. The van der Waals surface area contributed by atoms with Crippen LogP contribution in [-0.4, -0.2) is 6.04 Å². The maximum Gasteiger partial charge on any atom is 0.0213 e. The van der Waals surface area contributed by atoms with Crippen molar-refractivity contribution in [2.75, 3.05) is 0 Å². The molecular weight excluding hydrogens is 220 g/mol. The zero-order valence-corrected chi connectivity index (χ0v) is 11.7. The van der Waals surface area contributed by atoms with Gasteiger partial charge in [-0.1, -0.05) is 32.1 Å². The van der Waals surface area contributed by atoms with Crippen molar-refractivity contribution in [3.8, 4) is 0 Å². The van der Waals surface area contributed by atoms with E-state index in [1.165, 1.54) is 70.6 Å². The molecule has 18 heavy (non-hydrogen) atoms. The van der Waals surface area contributed by atoms with Gasteiger partial charge in [0, 0.05) is 6.04 Å². The van der Waals surface area contributed by atoms with Crippen LogP contribution in [0, 0.1) is 23.7 Å². The van der Waals surface area contributed by atoms with E-state index in [4.69, 9.17) is 5.84 Å². The molecule has 0 aromatic rings. The zero-order valence-electron chi connectivity index (χ0n) is 11.7. The minimum atomic E-state index is 0.593.